The van der Waals surface area contributed by atoms with Crippen LogP contribution in [0.25, 0.3) is 0 Å². The lowest BCUT2D eigenvalue weighted by atomic mass is 10.1. The maximum absolute atomic E-state index is 12.1. The third-order valence-corrected chi connectivity index (χ3v) is 4.08. The highest BCUT2D eigenvalue weighted by Crippen LogP contribution is 2.11. The molecule has 0 spiro atoms. The Balaban J connectivity index is 2.51. The summed E-state index contributed by atoms with van der Waals surface area (Å²) in [4.78, 5) is 13.9. The molecule has 1 rings (SSSR count). The second-order valence-electron chi connectivity index (χ2n) is 4.43. The molecule has 0 aromatic heterocycles. The Labute approximate surface area is 114 Å². The fourth-order valence-corrected chi connectivity index (χ4v) is 2.38. The van der Waals surface area contributed by atoms with Crippen LogP contribution in [0.4, 0.5) is 5.69 Å². The number of thioether (sulfide) groups is 1. The van der Waals surface area contributed by atoms with Crippen molar-refractivity contribution >= 4 is 23.4 Å². The van der Waals surface area contributed by atoms with Crippen LogP contribution in [0, 0.1) is 0 Å². The van der Waals surface area contributed by atoms with Crippen molar-refractivity contribution in [2.75, 3.05) is 24.3 Å². The van der Waals surface area contributed by atoms with E-state index >= 15 is 0 Å². The topological polar surface area (TPSA) is 46.3 Å². The van der Waals surface area contributed by atoms with E-state index < -0.39 is 0 Å². The average molecular weight is 266 g/mol. The molecule has 1 aromatic carbocycles. The fraction of sp³-hybridized carbons (Fsp3) is 0.500. The summed E-state index contributed by atoms with van der Waals surface area (Å²) in [5.74, 6) is 2.23. The maximum Gasteiger partial charge on any atom is 0.226 e. The van der Waals surface area contributed by atoms with E-state index in [1.165, 1.54) is 0 Å². The summed E-state index contributed by atoms with van der Waals surface area (Å²) >= 11 is 1.86. The molecule has 0 heterocycles. The molecule has 0 unspecified atom stereocenters. The van der Waals surface area contributed by atoms with E-state index in [9.17, 15) is 4.79 Å². The summed E-state index contributed by atoms with van der Waals surface area (Å²) in [5, 5.41) is 0. The second kappa shape index (κ2) is 7.31. The van der Waals surface area contributed by atoms with Gasteiger partial charge in [0.05, 0.1) is 6.42 Å². The molecule has 0 saturated carbocycles. The highest BCUT2D eigenvalue weighted by atomic mass is 32.2. The zero-order chi connectivity index (χ0) is 13.5. The van der Waals surface area contributed by atoms with Gasteiger partial charge in [0.25, 0.3) is 0 Å². The Morgan fingerprint density at radius 2 is 2.00 bits per heavy atom. The number of nitrogens with zero attached hydrogens (tertiary/aromatic N) is 1. The second-order valence-corrected chi connectivity index (χ2v) is 5.75. The van der Waals surface area contributed by atoms with Gasteiger partial charge >= 0.3 is 0 Å². The van der Waals surface area contributed by atoms with Gasteiger partial charge in [-0.25, -0.2) is 0 Å². The van der Waals surface area contributed by atoms with Crippen LogP contribution in [0.5, 0.6) is 0 Å². The number of hydrogen-bond acceptors (Lipinski definition) is 3. The molecule has 1 aromatic rings. The number of amides is 1. The molecule has 2 N–H and O–H groups in total. The van der Waals surface area contributed by atoms with Gasteiger partial charge in [-0.05, 0) is 30.4 Å². The molecule has 0 fully saturated rings. The van der Waals surface area contributed by atoms with Crippen LogP contribution in [-0.4, -0.2) is 35.4 Å². The van der Waals surface area contributed by atoms with Gasteiger partial charge in [-0.15, -0.1) is 0 Å². The Hall–Kier alpha value is -1.16. The SMILES string of the molecule is CCSC[C@@H](C)N(C)C(=O)Cc1ccc(N)cc1. The molecule has 0 bridgehead atoms. The summed E-state index contributed by atoms with van der Waals surface area (Å²) in [5.41, 5.74) is 7.36. The molecule has 1 atom stereocenters. The van der Waals surface area contributed by atoms with Crippen molar-refractivity contribution in [3.05, 3.63) is 29.8 Å². The van der Waals surface area contributed by atoms with E-state index in [-0.39, 0.29) is 11.9 Å². The molecule has 1 amide bonds. The lowest BCUT2D eigenvalue weighted by Crippen LogP contribution is -2.37. The van der Waals surface area contributed by atoms with Crippen LogP contribution in [0.1, 0.15) is 19.4 Å². The fourth-order valence-electron chi connectivity index (χ4n) is 1.58. The zero-order valence-corrected chi connectivity index (χ0v) is 12.2. The van der Waals surface area contributed by atoms with Crippen molar-refractivity contribution in [2.24, 2.45) is 0 Å². The van der Waals surface area contributed by atoms with Gasteiger partial charge in [-0.1, -0.05) is 19.1 Å². The highest BCUT2D eigenvalue weighted by molar-refractivity contribution is 7.99. The number of nitrogens with two attached hydrogens (primary N) is 1. The van der Waals surface area contributed by atoms with Crippen molar-refractivity contribution < 1.29 is 4.79 Å². The van der Waals surface area contributed by atoms with E-state index in [0.29, 0.717) is 6.42 Å². The van der Waals surface area contributed by atoms with Crippen molar-refractivity contribution in [1.82, 2.24) is 4.90 Å². The molecule has 0 aliphatic carbocycles. The van der Waals surface area contributed by atoms with Gasteiger partial charge in [0.1, 0.15) is 0 Å². The largest absolute Gasteiger partial charge is 0.399 e. The maximum atomic E-state index is 12.1. The number of carbonyl (C=O) groups excluding carboxylic acids is 1. The van der Waals surface area contributed by atoms with Crippen LogP contribution >= 0.6 is 11.8 Å². The van der Waals surface area contributed by atoms with Gasteiger partial charge in [0, 0.05) is 24.5 Å². The lowest BCUT2D eigenvalue weighted by Gasteiger charge is -2.24. The van der Waals surface area contributed by atoms with Crippen molar-refractivity contribution in [3.63, 3.8) is 0 Å². The Morgan fingerprint density at radius 1 is 1.39 bits per heavy atom. The third kappa shape index (κ3) is 4.61. The molecule has 0 saturated heterocycles. The predicted octanol–water partition coefficient (Wildman–Crippen LogP) is 2.41. The molecule has 4 heteroatoms. The molecule has 18 heavy (non-hydrogen) atoms. The number of benzene rings is 1. The summed E-state index contributed by atoms with van der Waals surface area (Å²) < 4.78 is 0. The highest BCUT2D eigenvalue weighted by Gasteiger charge is 2.15. The molecular formula is C14H22N2OS. The van der Waals surface area contributed by atoms with Gasteiger partial charge in [-0.2, -0.15) is 11.8 Å². The quantitative estimate of drug-likeness (QED) is 0.804. The minimum atomic E-state index is 0.156. The Morgan fingerprint density at radius 3 is 2.56 bits per heavy atom. The normalized spacial score (nSPS) is 12.2. The van der Waals surface area contributed by atoms with Crippen molar-refractivity contribution in [3.8, 4) is 0 Å². The van der Waals surface area contributed by atoms with Gasteiger partial charge in [0.15, 0.2) is 0 Å². The van der Waals surface area contributed by atoms with Gasteiger partial charge < -0.3 is 10.6 Å². The summed E-state index contributed by atoms with van der Waals surface area (Å²) in [6, 6.07) is 7.76. The summed E-state index contributed by atoms with van der Waals surface area (Å²) in [6.45, 7) is 4.22. The minimum Gasteiger partial charge on any atom is -0.399 e. The van der Waals surface area contributed by atoms with Gasteiger partial charge in [0.2, 0.25) is 5.91 Å². The smallest absolute Gasteiger partial charge is 0.226 e. The summed E-state index contributed by atoms with van der Waals surface area (Å²) in [6.07, 6.45) is 0.442. The number of rotatable bonds is 6. The lowest BCUT2D eigenvalue weighted by molar-refractivity contribution is -0.130. The molecule has 3 nitrogen and oxygen atoms in total. The first-order valence-corrected chi connectivity index (χ1v) is 7.38. The number of nitrogen functional groups attached to an aromatic ring is 1. The molecular weight excluding hydrogens is 244 g/mol. The van der Waals surface area contributed by atoms with Crippen LogP contribution < -0.4 is 5.73 Å². The van der Waals surface area contributed by atoms with E-state index in [0.717, 1.165) is 22.8 Å². The average Bonchev–Trinajstić information content (AvgIpc) is 2.37. The van der Waals surface area contributed by atoms with Crippen LogP contribution in [0.2, 0.25) is 0 Å². The first-order valence-electron chi connectivity index (χ1n) is 6.22. The first kappa shape index (κ1) is 14.9. The number of likely N-dealkylation sites (N-methyl/N-ethyl adjacent to an activating group) is 1. The van der Waals surface area contributed by atoms with E-state index in [2.05, 4.69) is 13.8 Å². The third-order valence-electron chi connectivity index (χ3n) is 2.95. The number of anilines is 1. The molecule has 0 aliphatic rings. The Kier molecular flexibility index (Phi) is 6.05. The monoisotopic (exact) mass is 266 g/mol. The van der Waals surface area contributed by atoms with Gasteiger partial charge in [-0.3, -0.25) is 4.79 Å². The standard InChI is InChI=1S/C14H22N2OS/c1-4-18-10-11(2)16(3)14(17)9-12-5-7-13(15)8-6-12/h5-8,11H,4,9-10,15H2,1-3H3/t11-/m1/s1. The molecule has 0 radical (unpaired) electrons. The Bertz CT molecular complexity index is 378. The van der Waals surface area contributed by atoms with Crippen LogP contribution in [0.3, 0.4) is 0 Å². The van der Waals surface area contributed by atoms with E-state index in [4.69, 9.17) is 5.73 Å². The minimum absolute atomic E-state index is 0.156. The van der Waals surface area contributed by atoms with E-state index in [1.54, 1.807) is 0 Å². The molecule has 0 aliphatic heterocycles. The van der Waals surface area contributed by atoms with Crippen LogP contribution in [0.15, 0.2) is 24.3 Å². The van der Waals surface area contributed by atoms with Crippen molar-refractivity contribution in [1.29, 1.82) is 0 Å². The van der Waals surface area contributed by atoms with Crippen molar-refractivity contribution in [2.45, 2.75) is 26.3 Å². The zero-order valence-electron chi connectivity index (χ0n) is 11.3. The number of carbonyl (C=O) groups is 1. The molecule has 100 valence electrons. The first-order chi connectivity index (χ1) is 8.54. The number of hydrogen-bond donors (Lipinski definition) is 1. The summed E-state index contributed by atoms with van der Waals surface area (Å²) in [7, 11) is 1.88. The predicted molar refractivity (Wildman–Crippen MR) is 79.8 cm³/mol. The van der Waals surface area contributed by atoms with E-state index in [1.807, 2.05) is 48.0 Å². The van der Waals surface area contributed by atoms with Crippen LogP contribution in [-0.2, 0) is 11.2 Å².